The number of rotatable bonds is 3. The van der Waals surface area contributed by atoms with Gasteiger partial charge < -0.3 is 4.98 Å². The van der Waals surface area contributed by atoms with E-state index in [1.165, 1.54) is 16.2 Å². The molecular weight excluding hydrogens is 454 g/mol. The van der Waals surface area contributed by atoms with Crippen LogP contribution in [-0.4, -0.2) is 23.2 Å². The Labute approximate surface area is 196 Å². The summed E-state index contributed by atoms with van der Waals surface area (Å²) in [6, 6.07) is 14.0. The predicted octanol–water partition coefficient (Wildman–Crippen LogP) is 4.32. The van der Waals surface area contributed by atoms with Crippen molar-refractivity contribution in [2.75, 3.05) is 0 Å². The topological polar surface area (TPSA) is 70.2 Å². The second-order valence-electron chi connectivity index (χ2n) is 8.97. The summed E-state index contributed by atoms with van der Waals surface area (Å²) in [5.74, 6) is -0.365. The lowest BCUT2D eigenvalue weighted by Gasteiger charge is -2.27. The molecule has 6 heteroatoms. The van der Waals surface area contributed by atoms with Crippen molar-refractivity contribution in [1.82, 2.24) is 4.98 Å². The number of aromatic amines is 1. The van der Waals surface area contributed by atoms with Gasteiger partial charge in [0.15, 0.2) is 0 Å². The minimum Gasteiger partial charge on any atom is -0.361 e. The summed E-state index contributed by atoms with van der Waals surface area (Å²) in [5.41, 5.74) is 4.19. The average Bonchev–Trinajstić information content (AvgIpc) is 3.19. The summed E-state index contributed by atoms with van der Waals surface area (Å²) in [5, 5.41) is 5.32. The Kier molecular flexibility index (Phi) is 4.77. The van der Waals surface area contributed by atoms with E-state index >= 15 is 0 Å². The van der Waals surface area contributed by atoms with Crippen LogP contribution in [0.2, 0.25) is 5.02 Å². The van der Waals surface area contributed by atoms with E-state index in [1.54, 1.807) is 0 Å². The van der Waals surface area contributed by atoms with Gasteiger partial charge in [-0.05, 0) is 75.4 Å². The van der Waals surface area contributed by atoms with Crippen molar-refractivity contribution in [2.45, 2.75) is 24.5 Å². The van der Waals surface area contributed by atoms with E-state index in [-0.39, 0.29) is 12.3 Å². The van der Waals surface area contributed by atoms with Gasteiger partial charge in [0.05, 0.1) is 5.25 Å². The lowest BCUT2D eigenvalue weighted by atomic mass is 9.84. The molecule has 33 heavy (non-hydrogen) atoms. The highest BCUT2D eigenvalue weighted by Gasteiger charge is 2.34. The molecule has 166 valence electrons. The lowest BCUT2D eigenvalue weighted by Crippen LogP contribution is -2.38. The molecule has 0 fully saturated rings. The molecule has 0 bridgehead atoms. The van der Waals surface area contributed by atoms with Gasteiger partial charge in [0.1, 0.15) is 0 Å². The van der Waals surface area contributed by atoms with Crippen LogP contribution in [0.25, 0.3) is 33.8 Å². The third-order valence-electron chi connectivity index (χ3n) is 7.05. The number of fused-ring (bicyclic) bond motifs is 6. The minimum atomic E-state index is -4.23. The first-order valence-electron chi connectivity index (χ1n) is 11.0. The maximum absolute atomic E-state index is 12.4. The highest BCUT2D eigenvalue weighted by Crippen LogP contribution is 2.30. The van der Waals surface area contributed by atoms with Crippen molar-refractivity contribution in [3.05, 3.63) is 93.0 Å². The van der Waals surface area contributed by atoms with E-state index < -0.39 is 15.4 Å². The molecular formula is C27H22ClNO3S. The van der Waals surface area contributed by atoms with Crippen molar-refractivity contribution < 1.29 is 13.0 Å². The van der Waals surface area contributed by atoms with E-state index in [2.05, 4.69) is 41.4 Å². The second-order valence-corrected chi connectivity index (χ2v) is 11.0. The summed E-state index contributed by atoms with van der Waals surface area (Å²) >= 11 is 6.22. The summed E-state index contributed by atoms with van der Waals surface area (Å²) < 4.78 is 34.9. The molecule has 0 amide bonds. The summed E-state index contributed by atoms with van der Waals surface area (Å²) in [6.07, 6.45) is 12.0. The molecule has 2 aliphatic carbocycles. The number of halogens is 1. The smallest absolute Gasteiger partial charge is 0.268 e. The van der Waals surface area contributed by atoms with E-state index in [1.807, 2.05) is 36.5 Å². The fourth-order valence-electron chi connectivity index (χ4n) is 5.43. The molecule has 0 saturated heterocycles. The van der Waals surface area contributed by atoms with Crippen molar-refractivity contribution >= 4 is 55.5 Å². The van der Waals surface area contributed by atoms with E-state index in [9.17, 15) is 13.0 Å². The molecule has 1 heterocycles. The van der Waals surface area contributed by atoms with Crippen molar-refractivity contribution in [1.29, 1.82) is 0 Å². The summed E-state index contributed by atoms with van der Waals surface area (Å²) in [6.45, 7) is 0. The molecule has 2 N–H and O–H groups in total. The van der Waals surface area contributed by atoms with Gasteiger partial charge in [-0.3, -0.25) is 4.55 Å². The van der Waals surface area contributed by atoms with Gasteiger partial charge in [-0.1, -0.05) is 60.2 Å². The molecule has 1 aromatic heterocycles. The van der Waals surface area contributed by atoms with Crippen LogP contribution < -0.4 is 10.4 Å². The standard InChI is InChI=1S/C27H22ClNO3S/c28-20-7-10-26-25(14-20)19(15-29-26)11-18-12-24-17(13-27(18)33(30,31)32)6-9-22-21-4-2-1-3-16(21)5-8-23(22)24/h1-2,4-10,12,14-15,18,27,29H,3,11,13H2,(H,30,31,32). The van der Waals surface area contributed by atoms with Crippen LogP contribution in [0.3, 0.4) is 0 Å². The highest BCUT2D eigenvalue weighted by molar-refractivity contribution is 7.86. The van der Waals surface area contributed by atoms with Crippen molar-refractivity contribution in [3.8, 4) is 0 Å². The van der Waals surface area contributed by atoms with Gasteiger partial charge in [-0.25, -0.2) is 0 Å². The average molecular weight is 476 g/mol. The number of benzene rings is 3. The zero-order chi connectivity index (χ0) is 22.7. The number of H-pyrrole nitrogens is 1. The Morgan fingerprint density at radius 1 is 1.00 bits per heavy atom. The second kappa shape index (κ2) is 7.59. The van der Waals surface area contributed by atoms with E-state index in [0.29, 0.717) is 11.4 Å². The van der Waals surface area contributed by atoms with Gasteiger partial charge in [0, 0.05) is 28.0 Å². The Hall–Kier alpha value is -2.86. The lowest BCUT2D eigenvalue weighted by molar-refractivity contribution is 0.444. The van der Waals surface area contributed by atoms with Crippen LogP contribution in [0.1, 0.15) is 16.7 Å². The predicted molar refractivity (Wildman–Crippen MR) is 135 cm³/mol. The first-order chi connectivity index (χ1) is 15.9. The van der Waals surface area contributed by atoms with Crippen LogP contribution in [0.4, 0.5) is 0 Å². The monoisotopic (exact) mass is 475 g/mol. The summed E-state index contributed by atoms with van der Waals surface area (Å²) in [4.78, 5) is 3.25. The molecule has 3 aromatic carbocycles. The SMILES string of the molecule is O=S(=O)(O)C1Cc2ccc3c4c(ccc3c2=CC1Cc1c[nH]c2ccc(Cl)cc12)CC=CC=4. The van der Waals surface area contributed by atoms with Gasteiger partial charge in [-0.2, -0.15) is 8.42 Å². The number of hydrogen-bond acceptors (Lipinski definition) is 2. The first-order valence-corrected chi connectivity index (χ1v) is 12.9. The van der Waals surface area contributed by atoms with Gasteiger partial charge in [0.25, 0.3) is 10.1 Å². The maximum Gasteiger partial charge on any atom is 0.268 e. The minimum absolute atomic E-state index is 0.287. The van der Waals surface area contributed by atoms with Crippen molar-refractivity contribution in [3.63, 3.8) is 0 Å². The Morgan fingerprint density at radius 3 is 2.61 bits per heavy atom. The molecule has 0 aliphatic heterocycles. The zero-order valence-electron chi connectivity index (χ0n) is 17.8. The quantitative estimate of drug-likeness (QED) is 0.433. The molecule has 0 spiro atoms. The number of hydrogen-bond donors (Lipinski definition) is 2. The van der Waals surface area contributed by atoms with Crippen molar-refractivity contribution in [2.24, 2.45) is 5.92 Å². The third kappa shape index (κ3) is 3.52. The fraction of sp³-hybridized carbons (Fsp3) is 0.185. The highest BCUT2D eigenvalue weighted by atomic mass is 35.5. The Balaban J connectivity index is 1.55. The normalized spacial score (nSPS) is 19.7. The first kappa shape index (κ1) is 20.7. The van der Waals surface area contributed by atoms with Crippen LogP contribution in [0, 0.1) is 5.92 Å². The van der Waals surface area contributed by atoms with Crippen LogP contribution >= 0.6 is 11.6 Å². The molecule has 0 radical (unpaired) electrons. The van der Waals surface area contributed by atoms with Gasteiger partial charge >= 0.3 is 0 Å². The molecule has 0 saturated carbocycles. The van der Waals surface area contributed by atoms with Crippen LogP contribution in [0.15, 0.2) is 60.8 Å². The van der Waals surface area contributed by atoms with E-state index in [4.69, 9.17) is 11.6 Å². The fourth-order valence-corrected chi connectivity index (χ4v) is 6.61. The molecule has 2 unspecified atom stereocenters. The maximum atomic E-state index is 12.4. The van der Waals surface area contributed by atoms with Crippen LogP contribution in [-0.2, 0) is 29.4 Å². The van der Waals surface area contributed by atoms with Gasteiger partial charge in [0.2, 0.25) is 0 Å². The Bertz CT molecular complexity index is 1700. The van der Waals surface area contributed by atoms with Crippen LogP contribution in [0.5, 0.6) is 0 Å². The zero-order valence-corrected chi connectivity index (χ0v) is 19.3. The molecule has 2 atom stereocenters. The number of allylic oxidation sites excluding steroid dienone is 2. The number of nitrogens with one attached hydrogen (secondary N) is 1. The summed E-state index contributed by atoms with van der Waals surface area (Å²) in [7, 11) is -4.23. The molecule has 2 aliphatic rings. The molecule has 4 nitrogen and oxygen atoms in total. The number of aromatic nitrogens is 1. The largest absolute Gasteiger partial charge is 0.361 e. The third-order valence-corrected chi connectivity index (χ3v) is 8.57. The molecule has 4 aromatic rings. The molecule has 6 rings (SSSR count). The van der Waals surface area contributed by atoms with E-state index in [0.717, 1.165) is 39.1 Å². The van der Waals surface area contributed by atoms with Gasteiger partial charge in [-0.15, -0.1) is 0 Å². The Morgan fingerprint density at radius 2 is 1.79 bits per heavy atom.